The number of fused-ring (bicyclic) bond motifs is 1. The second-order valence-electron chi connectivity index (χ2n) is 8.04. The molecule has 2 heterocycles. The molecular formula is C18H25BN2O5. The number of rotatable bonds is 3. The van der Waals surface area contributed by atoms with Crippen molar-refractivity contribution in [2.24, 2.45) is 0 Å². The number of amides is 2. The fourth-order valence-corrected chi connectivity index (χ4v) is 3.23. The minimum Gasteiger partial charge on any atom is -0.465 e. The van der Waals surface area contributed by atoms with E-state index in [9.17, 15) is 9.59 Å². The van der Waals surface area contributed by atoms with Gasteiger partial charge in [-0.2, -0.15) is 0 Å². The summed E-state index contributed by atoms with van der Waals surface area (Å²) in [6, 6.07) is 5.31. The van der Waals surface area contributed by atoms with Crippen molar-refractivity contribution in [3.05, 3.63) is 29.3 Å². The van der Waals surface area contributed by atoms with Crippen molar-refractivity contribution in [2.75, 3.05) is 13.6 Å². The molecule has 1 unspecified atom stereocenters. The molecule has 0 radical (unpaired) electrons. The lowest BCUT2D eigenvalue weighted by molar-refractivity contribution is 0.00578. The molecule has 0 aliphatic carbocycles. The van der Waals surface area contributed by atoms with E-state index in [0.717, 1.165) is 11.0 Å². The van der Waals surface area contributed by atoms with Crippen LogP contribution in [0, 0.1) is 0 Å². The maximum Gasteiger partial charge on any atom is 0.494 e. The molecule has 0 bridgehead atoms. The zero-order valence-electron chi connectivity index (χ0n) is 15.8. The van der Waals surface area contributed by atoms with Crippen LogP contribution in [0.5, 0.6) is 0 Å². The number of carboxylic acid groups (broad SMARTS) is 1. The largest absolute Gasteiger partial charge is 0.494 e. The number of hydrogen-bond donors (Lipinski definition) is 2. The van der Waals surface area contributed by atoms with Crippen LogP contribution in [0.1, 0.15) is 43.6 Å². The fraction of sp³-hybridized carbons (Fsp3) is 0.556. The lowest BCUT2D eigenvalue weighted by Gasteiger charge is -2.32. The third-order valence-corrected chi connectivity index (χ3v) is 5.52. The summed E-state index contributed by atoms with van der Waals surface area (Å²) < 4.78 is 12.2. The van der Waals surface area contributed by atoms with E-state index in [2.05, 4.69) is 5.32 Å². The Hall–Kier alpha value is -2.06. The Labute approximate surface area is 153 Å². The van der Waals surface area contributed by atoms with Crippen LogP contribution in [0.2, 0.25) is 0 Å². The number of carbonyl (C=O) groups excluding carboxylic acids is 1. The SMILES string of the molecule is CN(CC1Cc2cc(B3OC(C)(C)C(C)(C)O3)ccc2C(=O)N1)C(=O)O. The van der Waals surface area contributed by atoms with Crippen molar-refractivity contribution in [1.29, 1.82) is 0 Å². The fourth-order valence-electron chi connectivity index (χ4n) is 3.23. The molecule has 2 amide bonds. The Morgan fingerprint density at radius 1 is 1.31 bits per heavy atom. The van der Waals surface area contributed by atoms with Gasteiger partial charge in [-0.25, -0.2) is 4.79 Å². The average molecular weight is 360 g/mol. The maximum absolute atomic E-state index is 12.3. The number of nitrogens with zero attached hydrogens (tertiary/aromatic N) is 1. The van der Waals surface area contributed by atoms with Crippen LogP contribution >= 0.6 is 0 Å². The van der Waals surface area contributed by atoms with E-state index in [1.54, 1.807) is 6.07 Å². The molecule has 1 aromatic carbocycles. The summed E-state index contributed by atoms with van der Waals surface area (Å²) in [4.78, 5) is 24.6. The Balaban J connectivity index is 1.82. The zero-order chi connectivity index (χ0) is 19.3. The van der Waals surface area contributed by atoms with Crippen molar-refractivity contribution in [1.82, 2.24) is 10.2 Å². The van der Waals surface area contributed by atoms with Gasteiger partial charge in [-0.1, -0.05) is 12.1 Å². The van der Waals surface area contributed by atoms with Crippen LogP contribution in [0.25, 0.3) is 0 Å². The summed E-state index contributed by atoms with van der Waals surface area (Å²) in [5, 5.41) is 11.9. The zero-order valence-corrected chi connectivity index (χ0v) is 15.8. The summed E-state index contributed by atoms with van der Waals surface area (Å²) in [5.74, 6) is -0.185. The van der Waals surface area contributed by atoms with Gasteiger partial charge >= 0.3 is 13.2 Å². The lowest BCUT2D eigenvalue weighted by atomic mass is 9.76. The molecule has 3 rings (SSSR count). The van der Waals surface area contributed by atoms with Crippen molar-refractivity contribution >= 4 is 24.6 Å². The minimum absolute atomic E-state index is 0.185. The highest BCUT2D eigenvalue weighted by atomic mass is 16.7. The Kier molecular flexibility index (Phi) is 4.52. The monoisotopic (exact) mass is 360 g/mol. The lowest BCUT2D eigenvalue weighted by Crippen LogP contribution is -2.49. The highest BCUT2D eigenvalue weighted by Gasteiger charge is 2.51. The van der Waals surface area contributed by atoms with E-state index in [0.29, 0.717) is 12.0 Å². The minimum atomic E-state index is -1.02. The molecule has 140 valence electrons. The van der Waals surface area contributed by atoms with E-state index < -0.39 is 24.4 Å². The number of nitrogens with one attached hydrogen (secondary N) is 1. The highest BCUT2D eigenvalue weighted by molar-refractivity contribution is 6.62. The molecule has 26 heavy (non-hydrogen) atoms. The average Bonchev–Trinajstić information content (AvgIpc) is 2.74. The van der Waals surface area contributed by atoms with Crippen LogP contribution in [0.15, 0.2) is 18.2 Å². The van der Waals surface area contributed by atoms with Gasteiger partial charge < -0.3 is 24.6 Å². The summed E-state index contributed by atoms with van der Waals surface area (Å²) in [6.45, 7) is 8.22. The molecule has 2 N–H and O–H groups in total. The smallest absolute Gasteiger partial charge is 0.465 e. The topological polar surface area (TPSA) is 88.1 Å². The quantitative estimate of drug-likeness (QED) is 0.793. The molecule has 7 nitrogen and oxygen atoms in total. The van der Waals surface area contributed by atoms with Crippen LogP contribution < -0.4 is 10.8 Å². The normalized spacial score (nSPS) is 23.3. The Bertz CT molecular complexity index is 733. The molecule has 0 aromatic heterocycles. The van der Waals surface area contributed by atoms with Crippen molar-refractivity contribution in [3.8, 4) is 0 Å². The first-order chi connectivity index (χ1) is 12.0. The first-order valence-electron chi connectivity index (χ1n) is 8.73. The van der Waals surface area contributed by atoms with Gasteiger partial charge in [-0.05, 0) is 51.2 Å². The molecule has 1 aromatic rings. The second-order valence-corrected chi connectivity index (χ2v) is 8.04. The molecule has 2 aliphatic heterocycles. The third kappa shape index (κ3) is 3.31. The number of likely N-dealkylation sites (N-methyl/N-ethyl adjacent to an activating group) is 1. The first kappa shape index (κ1) is 18.7. The standard InChI is InChI=1S/C18H25BN2O5/c1-17(2)18(3,4)26-19(25-17)12-6-7-14-11(8-12)9-13(20-15(14)22)10-21(5)16(23)24/h6-8,13H,9-10H2,1-5H3,(H,20,22)(H,23,24). The molecule has 1 fully saturated rings. The van der Waals surface area contributed by atoms with Crippen molar-refractivity contribution in [3.63, 3.8) is 0 Å². The van der Waals surface area contributed by atoms with Gasteiger partial charge in [0.25, 0.3) is 5.91 Å². The molecule has 1 atom stereocenters. The van der Waals surface area contributed by atoms with Crippen LogP contribution in [0.4, 0.5) is 4.79 Å². The number of carbonyl (C=O) groups is 2. The van der Waals surface area contributed by atoms with Crippen LogP contribution in [0.3, 0.4) is 0 Å². The van der Waals surface area contributed by atoms with Crippen molar-refractivity contribution in [2.45, 2.75) is 51.4 Å². The van der Waals surface area contributed by atoms with Crippen LogP contribution in [-0.2, 0) is 15.7 Å². The van der Waals surface area contributed by atoms with E-state index in [4.69, 9.17) is 14.4 Å². The molecule has 8 heteroatoms. The van der Waals surface area contributed by atoms with E-state index in [1.807, 2.05) is 39.8 Å². The molecule has 0 saturated carbocycles. The summed E-state index contributed by atoms with van der Waals surface area (Å²) in [5.41, 5.74) is 1.49. The van der Waals surface area contributed by atoms with Gasteiger partial charge in [0.15, 0.2) is 0 Å². The third-order valence-electron chi connectivity index (χ3n) is 5.52. The maximum atomic E-state index is 12.3. The van der Waals surface area contributed by atoms with Crippen LogP contribution in [-0.4, -0.2) is 60.0 Å². The highest BCUT2D eigenvalue weighted by Crippen LogP contribution is 2.36. The van der Waals surface area contributed by atoms with Gasteiger partial charge in [-0.3, -0.25) is 4.79 Å². The van der Waals surface area contributed by atoms with Crippen molar-refractivity contribution < 1.29 is 24.0 Å². The van der Waals surface area contributed by atoms with E-state index in [1.165, 1.54) is 11.9 Å². The molecule has 2 aliphatic rings. The Morgan fingerprint density at radius 2 is 1.92 bits per heavy atom. The summed E-state index contributed by atoms with van der Waals surface area (Å²) in [7, 11) is 1.00. The molecule has 1 saturated heterocycles. The van der Waals surface area contributed by atoms with E-state index in [-0.39, 0.29) is 18.5 Å². The predicted octanol–water partition coefficient (Wildman–Crippen LogP) is 1.25. The summed E-state index contributed by atoms with van der Waals surface area (Å²) in [6.07, 6.45) is -0.456. The van der Waals surface area contributed by atoms with Gasteiger partial charge in [0.2, 0.25) is 0 Å². The predicted molar refractivity (Wildman–Crippen MR) is 97.8 cm³/mol. The van der Waals surface area contributed by atoms with Gasteiger partial charge in [-0.15, -0.1) is 0 Å². The van der Waals surface area contributed by atoms with Gasteiger partial charge in [0, 0.05) is 19.2 Å². The molecule has 0 spiro atoms. The number of hydrogen-bond acceptors (Lipinski definition) is 4. The van der Waals surface area contributed by atoms with E-state index >= 15 is 0 Å². The Morgan fingerprint density at radius 3 is 2.50 bits per heavy atom. The first-order valence-corrected chi connectivity index (χ1v) is 8.73. The molecular weight excluding hydrogens is 335 g/mol. The van der Waals surface area contributed by atoms with Gasteiger partial charge in [0.1, 0.15) is 0 Å². The summed E-state index contributed by atoms with van der Waals surface area (Å²) >= 11 is 0. The van der Waals surface area contributed by atoms with Gasteiger partial charge in [0.05, 0.1) is 17.2 Å². The number of benzene rings is 1. The second kappa shape index (κ2) is 6.28.